The second-order valence-electron chi connectivity index (χ2n) is 2.30. The maximum absolute atomic E-state index is 3.17. The van der Waals surface area contributed by atoms with E-state index in [9.17, 15) is 0 Å². The first-order chi connectivity index (χ1) is 5.47. The van der Waals surface area contributed by atoms with Gasteiger partial charge in [-0.15, -0.1) is 17.8 Å². The smallest absolute Gasteiger partial charge is 0.361 e. The van der Waals surface area contributed by atoms with Crippen LogP contribution in [0.3, 0.4) is 0 Å². The number of hydrogen-bond acceptors (Lipinski definition) is 2. The largest absolute Gasteiger partial charge is 2.00 e. The summed E-state index contributed by atoms with van der Waals surface area (Å²) < 4.78 is 0. The molecule has 0 spiro atoms. The Morgan fingerprint density at radius 3 is 2.77 bits per heavy atom. The van der Waals surface area contributed by atoms with E-state index >= 15 is 0 Å². The van der Waals surface area contributed by atoms with Crippen molar-refractivity contribution in [3.05, 3.63) is 49.4 Å². The van der Waals surface area contributed by atoms with E-state index in [-0.39, 0.29) is 26.9 Å². The Labute approximate surface area is 97.0 Å². The summed E-state index contributed by atoms with van der Waals surface area (Å²) in [6, 6.07) is 11.2. The predicted octanol–water partition coefficient (Wildman–Crippen LogP) is 2.92. The Bertz CT molecular complexity index is 261. The average molecular weight is 280 g/mol. The fourth-order valence-electron chi connectivity index (χ4n) is 0.995. The number of benzene rings is 1. The van der Waals surface area contributed by atoms with Crippen LogP contribution in [-0.4, -0.2) is 5.88 Å². The van der Waals surface area contributed by atoms with Crippen LogP contribution in [-0.2, 0) is 19.5 Å². The zero-order chi connectivity index (χ0) is 7.52. The van der Waals surface area contributed by atoms with Crippen molar-refractivity contribution < 1.29 is 19.5 Å². The summed E-state index contributed by atoms with van der Waals surface area (Å²) in [5.74, 6) is 1.01. The molecule has 0 fully saturated rings. The SMILES string of the molecule is [CH3-].[Rh+2].[c-]1ccccc1N1C=CSC1. The van der Waals surface area contributed by atoms with E-state index in [2.05, 4.69) is 28.6 Å². The van der Waals surface area contributed by atoms with Crippen LogP contribution in [0.25, 0.3) is 0 Å². The molecule has 13 heavy (non-hydrogen) atoms. The zero-order valence-electron chi connectivity index (χ0n) is 7.36. The second kappa shape index (κ2) is 6.23. The van der Waals surface area contributed by atoms with Gasteiger partial charge in [-0.2, -0.15) is 24.3 Å². The number of thioether (sulfide) groups is 1. The van der Waals surface area contributed by atoms with E-state index in [0.717, 1.165) is 11.6 Å². The first-order valence-corrected chi connectivity index (χ1v) is 4.53. The van der Waals surface area contributed by atoms with E-state index in [1.54, 1.807) is 11.8 Å². The van der Waals surface area contributed by atoms with Gasteiger partial charge in [-0.05, 0) is 5.41 Å². The minimum atomic E-state index is 0. The van der Waals surface area contributed by atoms with Crippen molar-refractivity contribution in [1.29, 1.82) is 0 Å². The Kier molecular flexibility index (Phi) is 6.10. The van der Waals surface area contributed by atoms with Gasteiger partial charge in [-0.1, -0.05) is 5.69 Å². The van der Waals surface area contributed by atoms with Crippen molar-refractivity contribution in [2.24, 2.45) is 0 Å². The molecule has 71 valence electrons. The quantitative estimate of drug-likeness (QED) is 0.575. The third kappa shape index (κ3) is 3.17. The van der Waals surface area contributed by atoms with Crippen LogP contribution >= 0.6 is 11.8 Å². The Morgan fingerprint density at radius 2 is 2.23 bits per heavy atom. The van der Waals surface area contributed by atoms with Crippen LogP contribution in [0.2, 0.25) is 0 Å². The van der Waals surface area contributed by atoms with Gasteiger partial charge in [0, 0.05) is 6.20 Å². The molecule has 1 aliphatic heterocycles. The molecular formula is C10H11NRhS. The number of rotatable bonds is 1. The van der Waals surface area contributed by atoms with Gasteiger partial charge in [0.15, 0.2) is 0 Å². The molecule has 0 N–H and O–H groups in total. The zero-order valence-corrected chi connectivity index (χ0v) is 9.82. The van der Waals surface area contributed by atoms with Gasteiger partial charge in [0.25, 0.3) is 0 Å². The summed E-state index contributed by atoms with van der Waals surface area (Å²) in [6.07, 6.45) is 2.08. The molecule has 0 amide bonds. The van der Waals surface area contributed by atoms with Crippen molar-refractivity contribution in [2.75, 3.05) is 10.8 Å². The number of anilines is 1. The van der Waals surface area contributed by atoms with Gasteiger partial charge in [0.05, 0.1) is 5.88 Å². The summed E-state index contributed by atoms with van der Waals surface area (Å²) in [7, 11) is 0. The number of hydrogen-bond donors (Lipinski definition) is 0. The van der Waals surface area contributed by atoms with Crippen molar-refractivity contribution >= 4 is 17.4 Å². The normalized spacial score (nSPS) is 13.4. The molecule has 2 rings (SSSR count). The van der Waals surface area contributed by atoms with Crippen LogP contribution in [0.1, 0.15) is 0 Å². The maximum Gasteiger partial charge on any atom is 2.00 e. The van der Waals surface area contributed by atoms with E-state index < -0.39 is 0 Å². The van der Waals surface area contributed by atoms with Crippen molar-refractivity contribution in [3.8, 4) is 0 Å². The van der Waals surface area contributed by atoms with E-state index in [1.165, 1.54) is 0 Å². The van der Waals surface area contributed by atoms with Gasteiger partial charge in [-0.3, -0.25) is 0 Å². The first kappa shape index (κ1) is 12.7. The third-order valence-electron chi connectivity index (χ3n) is 1.55. The molecule has 1 radical (unpaired) electrons. The monoisotopic (exact) mass is 280 g/mol. The molecule has 1 aliphatic rings. The van der Waals surface area contributed by atoms with Gasteiger partial charge >= 0.3 is 19.5 Å². The van der Waals surface area contributed by atoms with Crippen LogP contribution in [0.15, 0.2) is 35.9 Å². The van der Waals surface area contributed by atoms with Crippen LogP contribution in [0, 0.1) is 13.5 Å². The molecule has 3 heteroatoms. The Hall–Kier alpha value is -0.267. The topological polar surface area (TPSA) is 3.24 Å². The average Bonchev–Trinajstić information content (AvgIpc) is 2.58. The maximum atomic E-state index is 3.17. The van der Waals surface area contributed by atoms with Gasteiger partial charge in [0.2, 0.25) is 0 Å². The Balaban J connectivity index is 0.000000720. The molecule has 0 saturated carbocycles. The summed E-state index contributed by atoms with van der Waals surface area (Å²) in [5, 5.41) is 2.10. The van der Waals surface area contributed by atoms with Crippen LogP contribution in [0.4, 0.5) is 5.69 Å². The minimum Gasteiger partial charge on any atom is -0.361 e. The predicted molar refractivity (Wildman–Crippen MR) is 55.8 cm³/mol. The van der Waals surface area contributed by atoms with E-state index in [0.29, 0.717) is 0 Å². The standard InChI is InChI=1S/C9H8NS.CH3.Rh/c1-2-4-9(5-3-1)10-6-7-11-8-10;;/h1-4,6-7H,8H2;1H3;/q2*-1;+2. The summed E-state index contributed by atoms with van der Waals surface area (Å²) >= 11 is 1.80. The molecule has 0 aliphatic carbocycles. The fraction of sp³-hybridized carbons (Fsp3) is 0.100. The molecule has 0 bridgehead atoms. The fourth-order valence-corrected chi connectivity index (χ4v) is 1.70. The molecule has 1 heterocycles. The van der Waals surface area contributed by atoms with Gasteiger partial charge in [0.1, 0.15) is 0 Å². The first-order valence-electron chi connectivity index (χ1n) is 3.48. The molecule has 0 aromatic heterocycles. The summed E-state index contributed by atoms with van der Waals surface area (Å²) in [6.45, 7) is 0. The van der Waals surface area contributed by atoms with Crippen LogP contribution < -0.4 is 4.90 Å². The second-order valence-corrected chi connectivity index (χ2v) is 3.16. The number of para-hydroxylation sites is 1. The van der Waals surface area contributed by atoms with E-state index in [4.69, 9.17) is 0 Å². The van der Waals surface area contributed by atoms with Gasteiger partial charge in [-0.25, -0.2) is 0 Å². The van der Waals surface area contributed by atoms with Crippen LogP contribution in [0.5, 0.6) is 0 Å². The minimum absolute atomic E-state index is 0. The summed E-state index contributed by atoms with van der Waals surface area (Å²) in [4.78, 5) is 2.17. The summed E-state index contributed by atoms with van der Waals surface area (Å²) in [5.41, 5.74) is 1.15. The molecule has 1 aromatic carbocycles. The molecule has 0 saturated heterocycles. The molecule has 1 nitrogen and oxygen atoms in total. The van der Waals surface area contributed by atoms with Crippen molar-refractivity contribution in [3.63, 3.8) is 0 Å². The molecule has 1 aromatic rings. The Morgan fingerprint density at radius 1 is 1.38 bits per heavy atom. The third-order valence-corrected chi connectivity index (χ3v) is 2.29. The molecular weight excluding hydrogens is 269 g/mol. The van der Waals surface area contributed by atoms with Crippen molar-refractivity contribution in [2.45, 2.75) is 0 Å². The van der Waals surface area contributed by atoms with E-state index in [1.807, 2.05) is 18.2 Å². The number of nitrogens with zero attached hydrogens (tertiary/aromatic N) is 1. The van der Waals surface area contributed by atoms with Gasteiger partial charge < -0.3 is 12.3 Å². The molecule has 0 atom stereocenters. The van der Waals surface area contributed by atoms with Crippen molar-refractivity contribution in [1.82, 2.24) is 0 Å². The molecule has 0 unspecified atom stereocenters.